The van der Waals surface area contributed by atoms with Gasteiger partial charge in [-0.05, 0) is 51.0 Å². The summed E-state index contributed by atoms with van der Waals surface area (Å²) in [5, 5.41) is 7.26. The van der Waals surface area contributed by atoms with E-state index in [1.54, 1.807) is 13.2 Å². The van der Waals surface area contributed by atoms with Gasteiger partial charge in [-0.3, -0.25) is 14.3 Å². The van der Waals surface area contributed by atoms with Crippen LogP contribution in [0, 0.1) is 13.8 Å². The Morgan fingerprint density at radius 2 is 2.10 bits per heavy atom. The van der Waals surface area contributed by atoms with Crippen LogP contribution in [-0.4, -0.2) is 59.4 Å². The molecular weight excluding hydrogens is 396 g/mol. The molecule has 1 atom stereocenters. The standard InChI is InChI=1S/C23H32N4O4/c1-15-14-31-21-8-6-18(23(29)24-10-11-30-5)12-19(21)13-27(15)22(28)9-7-20-16(2)25-26(4)17(20)3/h6,8,12,15H,7,9-11,13-14H2,1-5H3,(H,24,29)/t15-/m0/s1. The molecule has 1 N–H and O–H groups in total. The van der Waals surface area contributed by atoms with E-state index in [0.29, 0.717) is 44.7 Å². The first-order valence-electron chi connectivity index (χ1n) is 10.6. The number of methoxy groups -OCH3 is 1. The number of fused-ring (bicyclic) bond motifs is 1. The molecule has 0 unspecified atom stereocenters. The van der Waals surface area contributed by atoms with Gasteiger partial charge in [0.05, 0.1) is 18.3 Å². The Kier molecular flexibility index (Phi) is 7.33. The molecular formula is C23H32N4O4. The van der Waals surface area contributed by atoms with Gasteiger partial charge in [-0.1, -0.05) is 0 Å². The number of ether oxygens (including phenoxy) is 2. The minimum Gasteiger partial charge on any atom is -0.491 e. The molecule has 0 fully saturated rings. The number of hydrogen-bond donors (Lipinski definition) is 1. The molecule has 1 aromatic carbocycles. The van der Waals surface area contributed by atoms with Crippen molar-refractivity contribution in [2.45, 2.75) is 46.2 Å². The predicted octanol–water partition coefficient (Wildman–Crippen LogP) is 2.16. The second-order valence-electron chi connectivity index (χ2n) is 8.03. The van der Waals surface area contributed by atoms with E-state index in [1.807, 2.05) is 49.5 Å². The first kappa shape index (κ1) is 22.8. The lowest BCUT2D eigenvalue weighted by Gasteiger charge is -2.26. The molecule has 1 aliphatic rings. The normalized spacial score (nSPS) is 15.8. The van der Waals surface area contributed by atoms with Crippen LogP contribution in [0.1, 0.15) is 46.2 Å². The van der Waals surface area contributed by atoms with Crippen molar-refractivity contribution < 1.29 is 19.1 Å². The third-order valence-corrected chi connectivity index (χ3v) is 5.84. The summed E-state index contributed by atoms with van der Waals surface area (Å²) in [5.41, 5.74) is 4.57. The average Bonchev–Trinajstić information content (AvgIpc) is 2.89. The number of nitrogens with zero attached hydrogens (tertiary/aromatic N) is 3. The van der Waals surface area contributed by atoms with Crippen molar-refractivity contribution in [1.82, 2.24) is 20.0 Å². The maximum absolute atomic E-state index is 13.1. The van der Waals surface area contributed by atoms with Crippen molar-refractivity contribution in [2.75, 3.05) is 26.9 Å². The summed E-state index contributed by atoms with van der Waals surface area (Å²) in [6.07, 6.45) is 1.06. The van der Waals surface area contributed by atoms with E-state index in [0.717, 1.165) is 28.3 Å². The van der Waals surface area contributed by atoms with Crippen LogP contribution in [0.15, 0.2) is 18.2 Å². The second-order valence-corrected chi connectivity index (χ2v) is 8.03. The molecule has 0 saturated heterocycles. The van der Waals surface area contributed by atoms with E-state index in [4.69, 9.17) is 9.47 Å². The molecule has 0 radical (unpaired) electrons. The Morgan fingerprint density at radius 3 is 2.77 bits per heavy atom. The number of carbonyl (C=O) groups is 2. The Morgan fingerprint density at radius 1 is 1.32 bits per heavy atom. The molecule has 3 rings (SSSR count). The Bertz CT molecular complexity index is 953. The molecule has 8 nitrogen and oxygen atoms in total. The minimum atomic E-state index is -0.169. The summed E-state index contributed by atoms with van der Waals surface area (Å²) in [4.78, 5) is 27.4. The first-order valence-corrected chi connectivity index (χ1v) is 10.6. The van der Waals surface area contributed by atoms with Crippen LogP contribution in [0.2, 0.25) is 0 Å². The lowest BCUT2D eigenvalue weighted by Crippen LogP contribution is -2.40. The van der Waals surface area contributed by atoms with Gasteiger partial charge in [0, 0.05) is 50.5 Å². The van der Waals surface area contributed by atoms with Crippen molar-refractivity contribution in [3.8, 4) is 5.75 Å². The van der Waals surface area contributed by atoms with Gasteiger partial charge in [0.25, 0.3) is 5.91 Å². The Balaban J connectivity index is 1.72. The van der Waals surface area contributed by atoms with Crippen molar-refractivity contribution in [3.63, 3.8) is 0 Å². The number of aromatic nitrogens is 2. The van der Waals surface area contributed by atoms with E-state index in [9.17, 15) is 9.59 Å². The van der Waals surface area contributed by atoms with Crippen LogP contribution in [0.25, 0.3) is 0 Å². The van der Waals surface area contributed by atoms with Crippen LogP contribution >= 0.6 is 0 Å². The average molecular weight is 429 g/mol. The molecule has 0 saturated carbocycles. The van der Waals surface area contributed by atoms with Gasteiger partial charge < -0.3 is 19.7 Å². The summed E-state index contributed by atoms with van der Waals surface area (Å²) in [5.74, 6) is 0.619. The maximum atomic E-state index is 13.1. The number of carbonyl (C=O) groups excluding carboxylic acids is 2. The number of amides is 2. The highest BCUT2D eigenvalue weighted by atomic mass is 16.5. The van der Waals surface area contributed by atoms with E-state index in [2.05, 4.69) is 10.4 Å². The summed E-state index contributed by atoms with van der Waals surface area (Å²) in [6.45, 7) is 7.72. The zero-order valence-corrected chi connectivity index (χ0v) is 19.0. The molecule has 0 spiro atoms. The summed E-state index contributed by atoms with van der Waals surface area (Å²) < 4.78 is 12.7. The van der Waals surface area contributed by atoms with Crippen molar-refractivity contribution >= 4 is 11.8 Å². The summed E-state index contributed by atoms with van der Waals surface area (Å²) in [6, 6.07) is 5.31. The first-order chi connectivity index (χ1) is 14.8. The topological polar surface area (TPSA) is 85.7 Å². The maximum Gasteiger partial charge on any atom is 0.251 e. The molecule has 2 aromatic rings. The molecule has 31 heavy (non-hydrogen) atoms. The lowest BCUT2D eigenvalue weighted by atomic mass is 10.1. The molecule has 168 valence electrons. The van der Waals surface area contributed by atoms with E-state index in [-0.39, 0.29) is 17.9 Å². The van der Waals surface area contributed by atoms with Crippen LogP contribution in [-0.2, 0) is 29.5 Å². The van der Waals surface area contributed by atoms with Crippen LogP contribution in [0.4, 0.5) is 0 Å². The number of hydrogen-bond acceptors (Lipinski definition) is 5. The fourth-order valence-corrected chi connectivity index (χ4v) is 3.88. The SMILES string of the molecule is COCCNC(=O)c1ccc2c(c1)CN(C(=O)CCc1c(C)nn(C)c1C)[C@@H](C)CO2. The van der Waals surface area contributed by atoms with Crippen molar-refractivity contribution in [1.29, 1.82) is 0 Å². The second kappa shape index (κ2) is 9.96. The Hall–Kier alpha value is -2.87. The van der Waals surface area contributed by atoms with Gasteiger partial charge in [-0.25, -0.2) is 0 Å². The Labute approximate surface area is 183 Å². The smallest absolute Gasteiger partial charge is 0.251 e. The summed E-state index contributed by atoms with van der Waals surface area (Å²) >= 11 is 0. The fourth-order valence-electron chi connectivity index (χ4n) is 3.88. The number of rotatable bonds is 7. The van der Waals surface area contributed by atoms with E-state index in [1.165, 1.54) is 0 Å². The predicted molar refractivity (Wildman–Crippen MR) is 117 cm³/mol. The lowest BCUT2D eigenvalue weighted by molar-refractivity contribution is -0.134. The molecule has 2 amide bonds. The number of benzene rings is 1. The van der Waals surface area contributed by atoms with Gasteiger partial charge >= 0.3 is 0 Å². The summed E-state index contributed by atoms with van der Waals surface area (Å²) in [7, 11) is 3.51. The van der Waals surface area contributed by atoms with Crippen LogP contribution in [0.5, 0.6) is 5.75 Å². The van der Waals surface area contributed by atoms with E-state index >= 15 is 0 Å². The highest BCUT2D eigenvalue weighted by Crippen LogP contribution is 2.27. The highest BCUT2D eigenvalue weighted by Gasteiger charge is 2.26. The molecule has 0 aliphatic carbocycles. The zero-order valence-electron chi connectivity index (χ0n) is 19.0. The largest absolute Gasteiger partial charge is 0.491 e. The van der Waals surface area contributed by atoms with Crippen molar-refractivity contribution in [3.05, 3.63) is 46.3 Å². The monoisotopic (exact) mass is 428 g/mol. The van der Waals surface area contributed by atoms with E-state index < -0.39 is 0 Å². The quantitative estimate of drug-likeness (QED) is 0.683. The fraction of sp³-hybridized carbons (Fsp3) is 0.522. The van der Waals surface area contributed by atoms with Gasteiger partial charge in [-0.2, -0.15) is 5.10 Å². The van der Waals surface area contributed by atoms with Gasteiger partial charge in [0.1, 0.15) is 12.4 Å². The van der Waals surface area contributed by atoms with Gasteiger partial charge in [0.2, 0.25) is 5.91 Å². The number of aryl methyl sites for hydroxylation is 2. The van der Waals surface area contributed by atoms with Gasteiger partial charge in [0.15, 0.2) is 0 Å². The van der Waals surface area contributed by atoms with Gasteiger partial charge in [-0.15, -0.1) is 0 Å². The molecule has 1 aliphatic heterocycles. The third-order valence-electron chi connectivity index (χ3n) is 5.84. The van der Waals surface area contributed by atoms with Crippen LogP contribution in [0.3, 0.4) is 0 Å². The zero-order chi connectivity index (χ0) is 22.5. The molecule has 1 aromatic heterocycles. The number of nitrogens with one attached hydrogen (secondary N) is 1. The highest BCUT2D eigenvalue weighted by molar-refractivity contribution is 5.94. The third kappa shape index (κ3) is 5.25. The molecule has 2 heterocycles. The van der Waals surface area contributed by atoms with Crippen molar-refractivity contribution in [2.24, 2.45) is 7.05 Å². The van der Waals surface area contributed by atoms with Crippen LogP contribution < -0.4 is 10.1 Å². The molecule has 0 bridgehead atoms. The molecule has 8 heteroatoms. The minimum absolute atomic E-state index is 0.0602.